The SMILES string of the molecule is C[C@H](Nc1nccc(-c2c(-c3cccc(C(F)(F)F)c3)nc3c(CN)cccn23)n1)c1ccccc1.C[C@H](Nc1nccc(-c2c(-c3cccc(C(F)(F)F)c3)nc3c(CN=[N+]=[N-])cccn23)n1)c1ccccc1.C[C@H](Nc1nccc(-c2c(-c3cccc(C(F)(F)F)c3)nc3c(CO)cccn23)n1)c1ccccc1. The van der Waals surface area contributed by atoms with Crippen LogP contribution >= 0.6 is 0 Å². The van der Waals surface area contributed by atoms with Crippen molar-refractivity contribution in [2.24, 2.45) is 10.8 Å². The number of pyridine rings is 3. The van der Waals surface area contributed by atoms with Crippen molar-refractivity contribution in [1.29, 1.82) is 0 Å². The van der Waals surface area contributed by atoms with E-state index in [4.69, 9.17) is 31.2 Å². The zero-order valence-corrected chi connectivity index (χ0v) is 58.7. The fraction of sp³-hybridized carbons (Fsp3) is 0.148. The third-order valence-corrected chi connectivity index (χ3v) is 17.9. The second-order valence-electron chi connectivity index (χ2n) is 25.2. The highest BCUT2D eigenvalue weighted by atomic mass is 19.4. The number of fused-ring (bicyclic) bond motifs is 3. The summed E-state index contributed by atoms with van der Waals surface area (Å²) in [5.74, 6) is 1.12. The number of aliphatic hydroxyl groups excluding tert-OH is 1. The van der Waals surface area contributed by atoms with E-state index >= 15 is 0 Å². The van der Waals surface area contributed by atoms with Crippen LogP contribution < -0.4 is 21.7 Å². The molecule has 0 unspecified atom stereocenters. The van der Waals surface area contributed by atoms with Crippen molar-refractivity contribution >= 4 is 34.8 Å². The monoisotopic (exact) mass is 1490 g/mol. The predicted octanol–water partition coefficient (Wildman–Crippen LogP) is 19.7. The largest absolute Gasteiger partial charge is 0.416 e. The number of alkyl halides is 9. The quantitative estimate of drug-likeness (QED) is 0.0218. The van der Waals surface area contributed by atoms with Gasteiger partial charge in [0.1, 0.15) is 16.9 Å². The maximum absolute atomic E-state index is 13.5. The molecule has 0 amide bonds. The summed E-state index contributed by atoms with van der Waals surface area (Å²) in [6, 6.07) is 60.2. The molecule has 0 saturated heterocycles. The molecule has 3 atom stereocenters. The molecule has 110 heavy (non-hydrogen) atoms. The molecule has 0 aliphatic carbocycles. The molecule has 554 valence electrons. The van der Waals surface area contributed by atoms with Crippen LogP contribution in [0.3, 0.4) is 0 Å². The lowest BCUT2D eigenvalue weighted by Crippen LogP contribution is -2.09. The minimum Gasteiger partial charge on any atom is -0.392 e. The first kappa shape index (κ1) is 74.9. The third-order valence-electron chi connectivity index (χ3n) is 17.9. The van der Waals surface area contributed by atoms with Gasteiger partial charge in [0.25, 0.3) is 0 Å². The van der Waals surface area contributed by atoms with Crippen LogP contribution in [-0.4, -0.2) is 63.2 Å². The van der Waals surface area contributed by atoms with Crippen LogP contribution in [0.2, 0.25) is 0 Å². The second kappa shape index (κ2) is 32.4. The summed E-state index contributed by atoms with van der Waals surface area (Å²) in [5.41, 5.74) is 23.9. The molecule has 9 heterocycles. The number of aliphatic hydroxyl groups is 1. The number of halogens is 9. The Bertz CT molecular complexity index is 5560. The average molecular weight is 1490 g/mol. The van der Waals surface area contributed by atoms with Crippen molar-refractivity contribution in [3.63, 3.8) is 0 Å². The first-order valence-electron chi connectivity index (χ1n) is 34.3. The summed E-state index contributed by atoms with van der Waals surface area (Å²) in [6.07, 6.45) is -3.40. The van der Waals surface area contributed by atoms with Gasteiger partial charge in [-0.1, -0.05) is 151 Å². The van der Waals surface area contributed by atoms with Crippen LogP contribution in [0.25, 0.3) is 95.3 Å². The van der Waals surface area contributed by atoms with Gasteiger partial charge in [-0.15, -0.1) is 0 Å². The molecule has 6 N–H and O–H groups in total. The Morgan fingerprint density at radius 2 is 0.727 bits per heavy atom. The molecule has 0 spiro atoms. The van der Waals surface area contributed by atoms with Gasteiger partial charge < -0.3 is 26.8 Å². The molecule has 9 aromatic heterocycles. The topological polar surface area (TPSA) is 260 Å². The molecular formula is C81H66F9N19O. The Morgan fingerprint density at radius 1 is 0.409 bits per heavy atom. The number of hydrogen-bond acceptors (Lipinski definition) is 15. The van der Waals surface area contributed by atoms with Gasteiger partial charge in [-0.25, -0.2) is 44.9 Å². The van der Waals surface area contributed by atoms with Crippen molar-refractivity contribution in [2.45, 2.75) is 77.1 Å². The van der Waals surface area contributed by atoms with Gasteiger partial charge in [0.2, 0.25) is 17.8 Å². The van der Waals surface area contributed by atoms with E-state index in [1.165, 1.54) is 18.2 Å². The van der Waals surface area contributed by atoms with Crippen LogP contribution in [0.1, 0.15) is 89.0 Å². The number of azide groups is 1. The maximum Gasteiger partial charge on any atom is 0.416 e. The number of nitrogens with zero attached hydrogens (tertiary/aromatic N) is 15. The number of nitrogens with two attached hydrogens (primary N) is 1. The summed E-state index contributed by atoms with van der Waals surface area (Å²) in [6.45, 7) is 5.96. The smallest absolute Gasteiger partial charge is 0.392 e. The summed E-state index contributed by atoms with van der Waals surface area (Å²) >= 11 is 0. The average Bonchev–Trinajstić information content (AvgIpc) is 1.61. The lowest BCUT2D eigenvalue weighted by Gasteiger charge is -2.15. The molecule has 20 nitrogen and oxygen atoms in total. The van der Waals surface area contributed by atoms with E-state index in [1.807, 2.05) is 128 Å². The summed E-state index contributed by atoms with van der Waals surface area (Å²) in [7, 11) is 0. The molecule has 0 saturated carbocycles. The van der Waals surface area contributed by atoms with Crippen LogP contribution in [0, 0.1) is 0 Å². The van der Waals surface area contributed by atoms with Gasteiger partial charge in [-0.3, -0.25) is 13.2 Å². The maximum atomic E-state index is 13.5. The van der Waals surface area contributed by atoms with Gasteiger partial charge in [0, 0.05) is 82.0 Å². The van der Waals surface area contributed by atoms with Crippen LogP contribution in [0.4, 0.5) is 57.4 Å². The van der Waals surface area contributed by atoms with Crippen LogP contribution in [0.5, 0.6) is 0 Å². The number of imidazole rings is 3. The molecule has 0 aliphatic rings. The highest BCUT2D eigenvalue weighted by Gasteiger charge is 2.34. The molecule has 15 aromatic rings. The Morgan fingerprint density at radius 3 is 1.05 bits per heavy atom. The van der Waals surface area contributed by atoms with E-state index in [1.54, 1.807) is 107 Å². The van der Waals surface area contributed by atoms with Crippen molar-refractivity contribution in [3.05, 3.63) is 316 Å². The highest BCUT2D eigenvalue weighted by molar-refractivity contribution is 5.85. The summed E-state index contributed by atoms with van der Waals surface area (Å²) < 4.78 is 127. The number of benzene rings is 6. The first-order chi connectivity index (χ1) is 53.0. The fourth-order valence-electron chi connectivity index (χ4n) is 12.5. The Balaban J connectivity index is 0.000000145. The van der Waals surface area contributed by atoms with E-state index in [2.05, 4.69) is 50.9 Å². The molecule has 0 bridgehead atoms. The van der Waals surface area contributed by atoms with E-state index in [0.29, 0.717) is 103 Å². The molecular weight excluding hydrogens is 1430 g/mol. The van der Waals surface area contributed by atoms with Gasteiger partial charge in [-0.2, -0.15) is 39.5 Å². The number of aromatic nitrogens is 12. The molecule has 15 rings (SSSR count). The molecule has 29 heteroatoms. The van der Waals surface area contributed by atoms with Gasteiger partial charge in [0.15, 0.2) is 0 Å². The van der Waals surface area contributed by atoms with Gasteiger partial charge in [-0.05, 0) is 116 Å². The van der Waals surface area contributed by atoms with E-state index in [0.717, 1.165) is 58.7 Å². The van der Waals surface area contributed by atoms with Crippen molar-refractivity contribution in [2.75, 3.05) is 16.0 Å². The minimum atomic E-state index is -4.51. The normalized spacial score (nSPS) is 12.5. The number of hydrogen-bond donors (Lipinski definition) is 5. The van der Waals surface area contributed by atoms with Crippen molar-refractivity contribution < 1.29 is 44.6 Å². The Kier molecular flexibility index (Phi) is 22.0. The molecule has 0 fully saturated rings. The van der Waals surface area contributed by atoms with Crippen molar-refractivity contribution in [1.82, 2.24) is 58.1 Å². The lowest BCUT2D eigenvalue weighted by atomic mass is 10.0. The Hall–Kier alpha value is -13.4. The summed E-state index contributed by atoms with van der Waals surface area (Å²) in [4.78, 5) is 44.0. The zero-order valence-electron chi connectivity index (χ0n) is 58.7. The first-order valence-corrected chi connectivity index (χ1v) is 34.3. The fourth-order valence-corrected chi connectivity index (χ4v) is 12.5. The van der Waals surface area contributed by atoms with E-state index < -0.39 is 35.2 Å². The predicted molar refractivity (Wildman–Crippen MR) is 402 cm³/mol. The van der Waals surface area contributed by atoms with Gasteiger partial charge >= 0.3 is 18.5 Å². The Labute approximate surface area is 622 Å². The summed E-state index contributed by atoms with van der Waals surface area (Å²) in [5, 5.41) is 23.3. The van der Waals surface area contributed by atoms with E-state index in [9.17, 15) is 44.6 Å². The lowest BCUT2D eigenvalue weighted by molar-refractivity contribution is -0.138. The number of anilines is 3. The zero-order chi connectivity index (χ0) is 77.3. The van der Waals surface area contributed by atoms with Crippen molar-refractivity contribution in [3.8, 4) is 67.9 Å². The number of nitrogens with one attached hydrogen (secondary N) is 3. The van der Waals surface area contributed by atoms with Gasteiger partial charge in [0.05, 0.1) is 99.2 Å². The molecule has 0 radical (unpaired) electrons. The third kappa shape index (κ3) is 16.7. The second-order valence-corrected chi connectivity index (χ2v) is 25.2. The van der Waals surface area contributed by atoms with E-state index in [-0.39, 0.29) is 48.9 Å². The molecule has 6 aromatic carbocycles. The standard InChI is InChI=1S/C27H21F3N8.C27H23F3N6.C27H22F3N5O/c1-17(18-7-3-2-4-8-18)34-26-32-13-12-22(35-26)24-23(19-9-5-11-21(15-19)27(28,29)30)36-25-20(16-33-37-31)10-6-14-38(24)25;1-17(18-7-3-2-4-8-18)33-26-32-13-12-22(34-26)24-23(19-9-5-11-21(15-19)27(28,29)30)35-25-20(16-31)10-6-14-36(24)25;1-17(18-7-3-2-4-8-18)32-26-31-13-12-22(33-26)24-23(19-9-5-11-21(15-19)27(28,29)30)34-25-20(16-36)10-6-14-35(24)25/h2-15,17H,16H2,1H3,(H,32,34,35);2-15,17H,16,31H2,1H3,(H,32,33,34);2-15,17,36H,16H2,1H3,(H,31,32,33)/t3*17-/m000/s1. The minimum absolute atomic E-state index is 0.0322. The van der Waals surface area contributed by atoms with Crippen LogP contribution in [-0.2, 0) is 38.2 Å². The highest BCUT2D eigenvalue weighted by Crippen LogP contribution is 2.41. The van der Waals surface area contributed by atoms with Crippen LogP contribution in [0.15, 0.2) is 261 Å². The molecule has 0 aliphatic heterocycles. The number of rotatable bonds is 19.